The molecule has 1 aromatic heterocycles. The Kier molecular flexibility index (Phi) is 2.87. The summed E-state index contributed by atoms with van der Waals surface area (Å²) in [6, 6.07) is 9.25. The SMILES string of the molecule is ClC(Cl)(Cl)c1noc(-c2ccccc2)n1. The first kappa shape index (κ1) is 10.7. The molecule has 0 unspecified atom stereocenters. The van der Waals surface area contributed by atoms with E-state index in [-0.39, 0.29) is 5.82 Å². The smallest absolute Gasteiger partial charge is 0.258 e. The summed E-state index contributed by atoms with van der Waals surface area (Å²) in [5, 5.41) is 3.58. The zero-order chi connectivity index (χ0) is 10.9. The Morgan fingerprint density at radius 3 is 2.27 bits per heavy atom. The topological polar surface area (TPSA) is 38.9 Å². The first-order valence-electron chi connectivity index (χ1n) is 4.04. The van der Waals surface area contributed by atoms with Crippen LogP contribution in [0.25, 0.3) is 11.5 Å². The number of aromatic nitrogens is 2. The van der Waals surface area contributed by atoms with Gasteiger partial charge in [-0.2, -0.15) is 4.98 Å². The number of hydrogen-bond acceptors (Lipinski definition) is 3. The van der Waals surface area contributed by atoms with E-state index in [0.29, 0.717) is 5.89 Å². The minimum absolute atomic E-state index is 0.0337. The van der Waals surface area contributed by atoms with Crippen LogP contribution in [0.4, 0.5) is 0 Å². The molecule has 78 valence electrons. The molecule has 1 aromatic carbocycles. The van der Waals surface area contributed by atoms with Gasteiger partial charge in [0.2, 0.25) is 5.82 Å². The molecule has 0 saturated carbocycles. The molecule has 0 aliphatic rings. The summed E-state index contributed by atoms with van der Waals surface area (Å²) in [6.07, 6.45) is 0. The van der Waals surface area contributed by atoms with Gasteiger partial charge in [-0.05, 0) is 12.1 Å². The van der Waals surface area contributed by atoms with Gasteiger partial charge < -0.3 is 4.52 Å². The van der Waals surface area contributed by atoms with E-state index >= 15 is 0 Å². The number of hydrogen-bond donors (Lipinski definition) is 0. The number of rotatable bonds is 1. The van der Waals surface area contributed by atoms with Gasteiger partial charge in [-0.25, -0.2) is 0 Å². The van der Waals surface area contributed by atoms with Gasteiger partial charge in [0.1, 0.15) is 0 Å². The highest BCUT2D eigenvalue weighted by molar-refractivity contribution is 6.66. The van der Waals surface area contributed by atoms with E-state index in [2.05, 4.69) is 10.1 Å². The summed E-state index contributed by atoms with van der Waals surface area (Å²) < 4.78 is 3.31. The summed E-state index contributed by atoms with van der Waals surface area (Å²) in [7, 11) is 0. The second-order valence-electron chi connectivity index (χ2n) is 2.79. The third kappa shape index (κ3) is 2.43. The quantitative estimate of drug-likeness (QED) is 0.738. The van der Waals surface area contributed by atoms with E-state index in [1.165, 1.54) is 0 Å². The van der Waals surface area contributed by atoms with Crippen molar-refractivity contribution in [2.24, 2.45) is 0 Å². The second-order valence-corrected chi connectivity index (χ2v) is 5.07. The van der Waals surface area contributed by atoms with Gasteiger partial charge in [0.25, 0.3) is 9.68 Å². The molecule has 0 radical (unpaired) electrons. The van der Waals surface area contributed by atoms with Crippen LogP contribution in [0.2, 0.25) is 0 Å². The van der Waals surface area contributed by atoms with E-state index in [4.69, 9.17) is 39.3 Å². The molecule has 0 spiro atoms. The standard InChI is InChI=1S/C9H5Cl3N2O/c10-9(11,12)8-13-7(15-14-8)6-4-2-1-3-5-6/h1-5H. The Morgan fingerprint density at radius 2 is 1.73 bits per heavy atom. The molecule has 6 heteroatoms. The molecule has 3 nitrogen and oxygen atoms in total. The molecular weight excluding hydrogens is 258 g/mol. The maximum Gasteiger partial charge on any atom is 0.258 e. The van der Waals surface area contributed by atoms with Crippen LogP contribution in [0.1, 0.15) is 5.82 Å². The summed E-state index contributed by atoms with van der Waals surface area (Å²) in [6.45, 7) is 0. The summed E-state index contributed by atoms with van der Waals surface area (Å²) in [5.41, 5.74) is 0.783. The zero-order valence-corrected chi connectivity index (χ0v) is 9.59. The van der Waals surface area contributed by atoms with Crippen LogP contribution in [0.5, 0.6) is 0 Å². The molecule has 0 N–H and O–H groups in total. The van der Waals surface area contributed by atoms with Gasteiger partial charge in [0, 0.05) is 5.56 Å². The first-order valence-corrected chi connectivity index (χ1v) is 5.17. The van der Waals surface area contributed by atoms with Crippen molar-refractivity contribution in [3.05, 3.63) is 36.2 Å². The molecule has 15 heavy (non-hydrogen) atoms. The van der Waals surface area contributed by atoms with Gasteiger partial charge in [0.05, 0.1) is 0 Å². The molecule has 1 heterocycles. The van der Waals surface area contributed by atoms with Crippen LogP contribution >= 0.6 is 34.8 Å². The molecular formula is C9H5Cl3N2O. The van der Waals surface area contributed by atoms with Crippen molar-refractivity contribution in [3.63, 3.8) is 0 Å². The van der Waals surface area contributed by atoms with Crippen molar-refractivity contribution in [1.29, 1.82) is 0 Å². The Bertz CT molecular complexity index is 450. The van der Waals surface area contributed by atoms with Crippen LogP contribution in [-0.4, -0.2) is 10.1 Å². The van der Waals surface area contributed by atoms with Crippen molar-refractivity contribution in [3.8, 4) is 11.5 Å². The third-order valence-corrected chi connectivity index (χ3v) is 2.21. The Hall–Kier alpha value is -0.770. The maximum atomic E-state index is 5.61. The monoisotopic (exact) mass is 262 g/mol. The lowest BCUT2D eigenvalue weighted by Crippen LogP contribution is -2.02. The lowest BCUT2D eigenvalue weighted by atomic mass is 10.2. The molecule has 0 amide bonds. The van der Waals surface area contributed by atoms with Crippen LogP contribution in [0.3, 0.4) is 0 Å². The second kappa shape index (κ2) is 4.00. The molecule has 2 rings (SSSR count). The molecule has 0 fully saturated rings. The van der Waals surface area contributed by atoms with E-state index in [1.54, 1.807) is 0 Å². The lowest BCUT2D eigenvalue weighted by Gasteiger charge is -2.01. The van der Waals surface area contributed by atoms with E-state index in [1.807, 2.05) is 30.3 Å². The number of nitrogens with zero attached hydrogens (tertiary/aromatic N) is 2. The third-order valence-electron chi connectivity index (χ3n) is 1.70. The van der Waals surface area contributed by atoms with Crippen LogP contribution in [0, 0.1) is 0 Å². The minimum atomic E-state index is -1.66. The Labute approximate surface area is 101 Å². The average molecular weight is 264 g/mol. The summed E-state index contributed by atoms with van der Waals surface area (Å²) >= 11 is 16.8. The first-order chi connectivity index (χ1) is 7.07. The number of benzene rings is 1. The average Bonchev–Trinajstić information content (AvgIpc) is 2.67. The highest BCUT2D eigenvalue weighted by atomic mass is 35.6. The predicted molar refractivity (Wildman–Crippen MR) is 59.0 cm³/mol. The zero-order valence-electron chi connectivity index (χ0n) is 7.32. The van der Waals surface area contributed by atoms with Crippen molar-refractivity contribution in [2.45, 2.75) is 3.79 Å². The summed E-state index contributed by atoms with van der Waals surface area (Å²) in [4.78, 5) is 3.98. The van der Waals surface area contributed by atoms with Gasteiger partial charge in [-0.15, -0.1) is 0 Å². The highest BCUT2D eigenvalue weighted by Gasteiger charge is 2.29. The largest absolute Gasteiger partial charge is 0.334 e. The Balaban J connectivity index is 2.37. The van der Waals surface area contributed by atoms with E-state index in [9.17, 15) is 0 Å². The predicted octanol–water partition coefficient (Wildman–Crippen LogP) is 3.56. The summed E-state index contributed by atoms with van der Waals surface area (Å²) in [5.74, 6) is 0.364. The van der Waals surface area contributed by atoms with E-state index in [0.717, 1.165) is 5.56 Å². The van der Waals surface area contributed by atoms with Gasteiger partial charge in [0.15, 0.2) is 0 Å². The van der Waals surface area contributed by atoms with Crippen LogP contribution in [0.15, 0.2) is 34.9 Å². The number of alkyl halides is 3. The molecule has 0 saturated heterocycles. The molecule has 0 bridgehead atoms. The fourth-order valence-electron chi connectivity index (χ4n) is 1.04. The van der Waals surface area contributed by atoms with Crippen molar-refractivity contribution in [1.82, 2.24) is 10.1 Å². The normalized spacial score (nSPS) is 11.7. The fourth-order valence-corrected chi connectivity index (χ4v) is 1.27. The number of halogens is 3. The van der Waals surface area contributed by atoms with Gasteiger partial charge >= 0.3 is 0 Å². The van der Waals surface area contributed by atoms with Gasteiger partial charge in [-0.1, -0.05) is 58.2 Å². The van der Waals surface area contributed by atoms with Crippen molar-refractivity contribution < 1.29 is 4.52 Å². The molecule has 0 atom stereocenters. The van der Waals surface area contributed by atoms with Crippen molar-refractivity contribution in [2.75, 3.05) is 0 Å². The van der Waals surface area contributed by atoms with Gasteiger partial charge in [-0.3, -0.25) is 0 Å². The Morgan fingerprint density at radius 1 is 1.07 bits per heavy atom. The minimum Gasteiger partial charge on any atom is -0.334 e. The molecule has 2 aromatic rings. The fraction of sp³-hybridized carbons (Fsp3) is 0.111. The lowest BCUT2D eigenvalue weighted by molar-refractivity contribution is 0.423. The van der Waals surface area contributed by atoms with E-state index < -0.39 is 3.79 Å². The highest BCUT2D eigenvalue weighted by Crippen LogP contribution is 2.36. The van der Waals surface area contributed by atoms with Crippen LogP contribution < -0.4 is 0 Å². The van der Waals surface area contributed by atoms with Crippen molar-refractivity contribution >= 4 is 34.8 Å². The maximum absolute atomic E-state index is 5.61. The molecule has 0 aliphatic heterocycles. The molecule has 0 aliphatic carbocycles. The van der Waals surface area contributed by atoms with Crippen LogP contribution in [-0.2, 0) is 3.79 Å².